The second-order valence-electron chi connectivity index (χ2n) is 11.9. The number of nitrogens with zero attached hydrogens (tertiary/aromatic N) is 2. The highest BCUT2D eigenvalue weighted by molar-refractivity contribution is 6.35. The van der Waals surface area contributed by atoms with Crippen LogP contribution in [-0.4, -0.2) is 91.4 Å². The molecule has 2 fully saturated rings. The van der Waals surface area contributed by atoms with Crippen molar-refractivity contribution in [2.45, 2.75) is 82.8 Å². The first-order valence-electron chi connectivity index (χ1n) is 14.7. The van der Waals surface area contributed by atoms with E-state index in [-0.39, 0.29) is 24.3 Å². The van der Waals surface area contributed by atoms with E-state index in [9.17, 15) is 24.3 Å². The molecule has 3 amide bonds. The van der Waals surface area contributed by atoms with Crippen LogP contribution in [0, 0.1) is 5.92 Å². The third-order valence-electron chi connectivity index (χ3n) is 8.45. The summed E-state index contributed by atoms with van der Waals surface area (Å²) in [7, 11) is 4.40. The number of halogens is 1. The maximum atomic E-state index is 13.7. The molecule has 0 spiro atoms. The summed E-state index contributed by atoms with van der Waals surface area (Å²) in [5.41, 5.74) is 6.60. The fraction of sp³-hybridized carbons (Fsp3) is 0.548. The fourth-order valence-corrected chi connectivity index (χ4v) is 5.84. The molecule has 1 aromatic carbocycles. The Bertz CT molecular complexity index is 1400. The number of nitrogens with one attached hydrogen (secondary N) is 1. The zero-order valence-electron chi connectivity index (χ0n) is 26.2. The van der Waals surface area contributed by atoms with Crippen molar-refractivity contribution in [2.24, 2.45) is 11.7 Å². The number of alkyl carbamates (subject to hydrolysis) is 1. The number of fused-ring (bicyclic) bond motifs is 5. The SMILES string of the molecule is COc1cc2cc(c1Cl)N(C)C(=O)C[C@H](OC(=O)[C@H](N)N(C)C(C)=O)[C@@H]1O[C@H]1[C@H](C)[C@@H]1C[C@](O)(C/C=C/C=C(\C)C2)NC(=O)O1. The topological polar surface area (TPSA) is 173 Å². The Morgan fingerprint density at radius 3 is 2.67 bits per heavy atom. The van der Waals surface area contributed by atoms with E-state index < -0.39 is 66.1 Å². The minimum atomic E-state index is -1.56. The quantitative estimate of drug-likeness (QED) is 0.250. The van der Waals surface area contributed by atoms with Gasteiger partial charge in [0.05, 0.1) is 25.3 Å². The van der Waals surface area contributed by atoms with Crippen LogP contribution in [-0.2, 0) is 35.0 Å². The van der Waals surface area contributed by atoms with E-state index >= 15 is 0 Å². The van der Waals surface area contributed by atoms with Crippen LogP contribution in [0.1, 0.15) is 45.6 Å². The smallest absolute Gasteiger partial charge is 0.409 e. The Balaban J connectivity index is 1.72. The van der Waals surface area contributed by atoms with Crippen LogP contribution < -0.4 is 20.7 Å². The second-order valence-corrected chi connectivity index (χ2v) is 12.3. The van der Waals surface area contributed by atoms with Gasteiger partial charge in [-0.2, -0.15) is 0 Å². The summed E-state index contributed by atoms with van der Waals surface area (Å²) >= 11 is 6.65. The van der Waals surface area contributed by atoms with Crippen LogP contribution >= 0.6 is 11.6 Å². The van der Waals surface area contributed by atoms with Gasteiger partial charge in [0, 0.05) is 39.8 Å². The number of allylic oxidation sites excluding steroid dienone is 3. The molecule has 246 valence electrons. The molecule has 1 aromatic rings. The number of ether oxygens (including phenoxy) is 4. The van der Waals surface area contributed by atoms with Crippen molar-refractivity contribution in [3.8, 4) is 5.75 Å². The molecule has 13 nitrogen and oxygen atoms in total. The summed E-state index contributed by atoms with van der Waals surface area (Å²) < 4.78 is 22.7. The van der Waals surface area contributed by atoms with Crippen molar-refractivity contribution in [3.63, 3.8) is 0 Å². The number of aliphatic hydroxyl groups is 1. The number of carbonyl (C=O) groups is 4. The number of hydrogen-bond acceptors (Lipinski definition) is 10. The van der Waals surface area contributed by atoms with Crippen molar-refractivity contribution in [1.82, 2.24) is 10.2 Å². The normalized spacial score (nSPS) is 31.3. The van der Waals surface area contributed by atoms with Gasteiger partial charge in [-0.05, 0) is 31.0 Å². The molecule has 0 radical (unpaired) electrons. The highest BCUT2D eigenvalue weighted by atomic mass is 35.5. The predicted octanol–water partition coefficient (Wildman–Crippen LogP) is 2.42. The molecule has 4 rings (SSSR count). The van der Waals surface area contributed by atoms with Gasteiger partial charge in [-0.15, -0.1) is 0 Å². The molecule has 14 heteroatoms. The summed E-state index contributed by atoms with van der Waals surface area (Å²) in [6.45, 7) is 4.98. The minimum Gasteiger partial charge on any atom is -0.495 e. The number of carbonyl (C=O) groups excluding carboxylic acids is 4. The van der Waals surface area contributed by atoms with Gasteiger partial charge in [-0.1, -0.05) is 42.3 Å². The Morgan fingerprint density at radius 1 is 1.29 bits per heavy atom. The highest BCUT2D eigenvalue weighted by Crippen LogP contribution is 2.41. The van der Waals surface area contributed by atoms with E-state index in [1.165, 1.54) is 26.0 Å². The van der Waals surface area contributed by atoms with Crippen molar-refractivity contribution in [1.29, 1.82) is 0 Å². The number of benzene rings is 1. The minimum absolute atomic E-state index is 0.0735. The first-order valence-corrected chi connectivity index (χ1v) is 15.0. The Kier molecular flexibility index (Phi) is 10.5. The molecule has 4 bridgehead atoms. The van der Waals surface area contributed by atoms with Crippen LogP contribution in [0.5, 0.6) is 5.75 Å². The number of rotatable bonds is 4. The monoisotopic (exact) mass is 648 g/mol. The summed E-state index contributed by atoms with van der Waals surface area (Å²) in [5.74, 6) is -1.89. The van der Waals surface area contributed by atoms with Gasteiger partial charge < -0.3 is 39.6 Å². The molecular formula is C31H41ClN4O9. The standard InChI is InChI=1S/C31H41ClN4O9/c1-16-9-7-8-10-31(41)15-23(44-30(40)34-31)17(2)26-27(45-26)22(43-29(39)28(33)35(4)18(3)37)14-24(38)36(5)20-12-19(11-16)13-21(42-6)25(20)32/h7-9,12-13,17,22-23,26-28,41H,10-11,14-15,33H2,1-6H3,(H,34,40)/b8-7+,16-9+/t17-,22+,23+,26+,27+,28-,31-/m1/s1. The third-order valence-corrected chi connectivity index (χ3v) is 8.83. The maximum absolute atomic E-state index is 13.7. The van der Waals surface area contributed by atoms with E-state index in [2.05, 4.69) is 5.32 Å². The first kappa shape index (κ1) is 34.2. The molecule has 7 atom stereocenters. The van der Waals surface area contributed by atoms with Crippen molar-refractivity contribution < 1.29 is 43.2 Å². The third kappa shape index (κ3) is 7.96. The zero-order valence-corrected chi connectivity index (χ0v) is 27.0. The lowest BCUT2D eigenvalue weighted by Crippen LogP contribution is -2.57. The lowest BCUT2D eigenvalue weighted by Gasteiger charge is -2.38. The summed E-state index contributed by atoms with van der Waals surface area (Å²) in [6, 6.07) is 3.57. The number of amides is 3. The van der Waals surface area contributed by atoms with Gasteiger partial charge in [0.15, 0.2) is 6.17 Å². The van der Waals surface area contributed by atoms with Crippen LogP contribution in [0.2, 0.25) is 5.02 Å². The van der Waals surface area contributed by atoms with Crippen molar-refractivity contribution in [3.05, 3.63) is 46.5 Å². The van der Waals surface area contributed by atoms with E-state index in [0.29, 0.717) is 17.9 Å². The van der Waals surface area contributed by atoms with E-state index in [1.54, 1.807) is 38.3 Å². The first-order chi connectivity index (χ1) is 21.1. The molecule has 0 aromatic heterocycles. The second kappa shape index (κ2) is 13.8. The predicted molar refractivity (Wildman–Crippen MR) is 164 cm³/mol. The molecule has 0 aliphatic carbocycles. The van der Waals surface area contributed by atoms with Crippen LogP contribution in [0.25, 0.3) is 0 Å². The van der Waals surface area contributed by atoms with E-state index in [1.807, 2.05) is 13.0 Å². The number of anilines is 1. The average molecular weight is 649 g/mol. The number of nitrogens with two attached hydrogens (primary N) is 1. The van der Waals surface area contributed by atoms with Crippen molar-refractivity contribution in [2.75, 3.05) is 26.1 Å². The number of epoxide rings is 1. The molecule has 3 aliphatic rings. The van der Waals surface area contributed by atoms with Gasteiger partial charge in [-0.3, -0.25) is 14.9 Å². The van der Waals surface area contributed by atoms with Gasteiger partial charge in [-0.25, -0.2) is 9.59 Å². The molecule has 0 saturated carbocycles. The molecule has 4 N–H and O–H groups in total. The van der Waals surface area contributed by atoms with Crippen LogP contribution in [0.4, 0.5) is 10.5 Å². The Hall–Kier alpha value is -3.65. The Morgan fingerprint density at radius 2 is 2.00 bits per heavy atom. The molecule has 45 heavy (non-hydrogen) atoms. The number of methoxy groups -OCH3 is 1. The average Bonchev–Trinajstić information content (AvgIpc) is 3.78. The van der Waals surface area contributed by atoms with E-state index in [0.717, 1.165) is 16.0 Å². The van der Waals surface area contributed by atoms with Gasteiger partial charge >= 0.3 is 12.1 Å². The fourth-order valence-electron chi connectivity index (χ4n) is 5.53. The number of esters is 1. The molecular weight excluding hydrogens is 608 g/mol. The van der Waals surface area contributed by atoms with E-state index in [4.69, 9.17) is 36.3 Å². The van der Waals surface area contributed by atoms with Crippen LogP contribution in [0.3, 0.4) is 0 Å². The number of likely N-dealkylation sites (N-methyl/N-ethyl adjacent to an activating group) is 1. The summed E-state index contributed by atoms with van der Waals surface area (Å²) in [4.78, 5) is 53.4. The van der Waals surface area contributed by atoms with Crippen molar-refractivity contribution >= 4 is 41.2 Å². The molecule has 3 heterocycles. The van der Waals surface area contributed by atoms with Gasteiger partial charge in [0.1, 0.15) is 34.8 Å². The maximum Gasteiger partial charge on any atom is 0.409 e. The molecule has 3 aliphatic heterocycles. The Labute approximate surface area is 267 Å². The summed E-state index contributed by atoms with van der Waals surface area (Å²) in [5, 5.41) is 14.0. The largest absolute Gasteiger partial charge is 0.495 e. The number of hydrogen-bond donors (Lipinski definition) is 3. The highest BCUT2D eigenvalue weighted by Gasteiger charge is 2.55. The molecule has 0 unspecified atom stereocenters. The lowest BCUT2D eigenvalue weighted by molar-refractivity contribution is -0.160. The van der Waals surface area contributed by atoms with Crippen LogP contribution in [0.15, 0.2) is 35.9 Å². The van der Waals surface area contributed by atoms with Gasteiger partial charge in [0.2, 0.25) is 11.8 Å². The van der Waals surface area contributed by atoms with Gasteiger partial charge in [0.25, 0.3) is 0 Å². The zero-order chi connectivity index (χ0) is 33.2. The molecule has 2 saturated heterocycles. The lowest BCUT2D eigenvalue weighted by atomic mass is 9.88. The summed E-state index contributed by atoms with van der Waals surface area (Å²) in [6.07, 6.45) is 0.474.